The highest BCUT2D eigenvalue weighted by Crippen LogP contribution is 2.53. The van der Waals surface area contributed by atoms with Crippen LogP contribution >= 0.6 is 21.6 Å². The molecule has 3 rings (SSSR count). The third-order valence-electron chi connectivity index (χ3n) is 9.30. The van der Waals surface area contributed by atoms with Crippen LogP contribution in [0.2, 0.25) is 0 Å². The molecular formula is C36H56ClN3O4S. The van der Waals surface area contributed by atoms with Crippen LogP contribution in [0.3, 0.4) is 0 Å². The van der Waals surface area contributed by atoms with E-state index in [1.807, 2.05) is 38.2 Å². The summed E-state index contributed by atoms with van der Waals surface area (Å²) in [6, 6.07) is -0.199. The zero-order valence-corrected chi connectivity index (χ0v) is 30.5. The first-order valence-electron chi connectivity index (χ1n) is 16.4. The fourth-order valence-corrected chi connectivity index (χ4v) is 8.60. The van der Waals surface area contributed by atoms with Gasteiger partial charge < -0.3 is 15.3 Å². The second-order valence-corrected chi connectivity index (χ2v) is 20.1. The van der Waals surface area contributed by atoms with Crippen LogP contribution in [0, 0.1) is 17.3 Å². The van der Waals surface area contributed by atoms with E-state index in [-0.39, 0.29) is 42.2 Å². The summed E-state index contributed by atoms with van der Waals surface area (Å²) in [6.45, 7) is 12.7. The van der Waals surface area contributed by atoms with Crippen LogP contribution in [0.1, 0.15) is 92.9 Å². The number of nitrogens with zero attached hydrogens (tertiary/aromatic N) is 2. The molecule has 1 spiro atoms. The molecule has 3 unspecified atom stereocenters. The van der Waals surface area contributed by atoms with Gasteiger partial charge in [-0.2, -0.15) is 0 Å². The Labute approximate surface area is 278 Å². The number of aliphatic carboxylic acids is 1. The van der Waals surface area contributed by atoms with E-state index in [9.17, 15) is 14.4 Å². The molecule has 45 heavy (non-hydrogen) atoms. The maximum Gasteiger partial charge on any atom is 0.305 e. The summed E-state index contributed by atoms with van der Waals surface area (Å²) in [6.07, 6.45) is 23.2. The number of carboxylic acids is 1. The molecule has 3 aliphatic rings. The van der Waals surface area contributed by atoms with Gasteiger partial charge in [-0.1, -0.05) is 70.5 Å². The summed E-state index contributed by atoms with van der Waals surface area (Å²) in [5.41, 5.74) is 1.77. The quantitative estimate of drug-likeness (QED) is 0.210. The van der Waals surface area contributed by atoms with Gasteiger partial charge in [0.05, 0.1) is 18.4 Å². The topological polar surface area (TPSA) is 99.1 Å². The molecule has 0 bridgehead atoms. The number of aliphatic imine (C=N–C) groups is 1. The van der Waals surface area contributed by atoms with Gasteiger partial charge in [0.25, 0.3) is 5.91 Å². The summed E-state index contributed by atoms with van der Waals surface area (Å²) >= 11 is 6.37. The van der Waals surface area contributed by atoms with Crippen molar-refractivity contribution in [3.05, 3.63) is 46.6 Å². The Morgan fingerprint density at radius 2 is 1.89 bits per heavy atom. The van der Waals surface area contributed by atoms with Gasteiger partial charge in [0.1, 0.15) is 11.4 Å². The van der Waals surface area contributed by atoms with Crippen molar-refractivity contribution in [2.24, 2.45) is 22.2 Å². The van der Waals surface area contributed by atoms with Crippen LogP contribution in [0.5, 0.6) is 0 Å². The first-order valence-corrected chi connectivity index (χ1v) is 19.7. The van der Waals surface area contributed by atoms with Gasteiger partial charge in [-0.25, -0.2) is 10.0 Å². The first-order chi connectivity index (χ1) is 20.9. The number of hydrogen-bond donors (Lipinski definition) is 2. The molecule has 0 aromatic heterocycles. The van der Waals surface area contributed by atoms with E-state index < -0.39 is 27.6 Å². The Morgan fingerprint density at radius 3 is 2.40 bits per heavy atom. The zero-order valence-electron chi connectivity index (χ0n) is 28.9. The van der Waals surface area contributed by atoms with Gasteiger partial charge in [0, 0.05) is 17.2 Å². The van der Waals surface area contributed by atoms with E-state index in [1.54, 1.807) is 0 Å². The zero-order chi connectivity index (χ0) is 33.7. The second kappa shape index (κ2) is 15.1. The number of halogens is 1. The minimum absolute atomic E-state index is 0.0418. The standard InChI is InChI=1S/C36H56ClN3O4S/c1-10-11-27(23-25(3)37)32-34(44)40(36(39-32)19-14-28(15-20-36)45(7,8)9)30(16-18-35(4,5)6)26-12-13-29(24(2)22-26)33(43)38-21-17-31(41)42/h11-13,22-24,28-30H,10,14-21H2,1-9H3,(H,38,43)(H,41,42)/b25-23+,27-11+. The number of amides is 2. The molecule has 0 radical (unpaired) electrons. The lowest BCUT2D eigenvalue weighted by Gasteiger charge is -2.49. The number of carbonyl (C=O) groups excluding carboxylic acids is 2. The monoisotopic (exact) mass is 661 g/mol. The van der Waals surface area contributed by atoms with E-state index >= 15 is 0 Å². The minimum Gasteiger partial charge on any atom is -0.481 e. The summed E-state index contributed by atoms with van der Waals surface area (Å²) in [5.74, 6) is -1.68. The number of carboxylic acid groups (broad SMARTS) is 1. The predicted octanol–water partition coefficient (Wildman–Crippen LogP) is 7.62. The summed E-state index contributed by atoms with van der Waals surface area (Å²) in [5, 5.41) is 13.0. The lowest BCUT2D eigenvalue weighted by Crippen LogP contribution is -2.55. The average Bonchev–Trinajstić information content (AvgIpc) is 3.18. The lowest BCUT2D eigenvalue weighted by molar-refractivity contribution is -0.137. The smallest absolute Gasteiger partial charge is 0.305 e. The highest BCUT2D eigenvalue weighted by Gasteiger charge is 2.53. The molecule has 1 fully saturated rings. The Kier molecular flexibility index (Phi) is 12.4. The van der Waals surface area contributed by atoms with Crippen molar-refractivity contribution in [3.8, 4) is 0 Å². The highest BCUT2D eigenvalue weighted by molar-refractivity contribution is 8.32. The van der Waals surface area contributed by atoms with Crippen molar-refractivity contribution < 1.29 is 19.5 Å². The fraction of sp³-hybridized carbons (Fsp3) is 0.667. The van der Waals surface area contributed by atoms with Crippen LogP contribution in [-0.4, -0.2) is 75.8 Å². The SMILES string of the molecule is CC/C=C(\C=C(/C)Cl)C1=NC2(CCC(S(C)(C)C)CC2)N(C(CCC(C)(C)C)C2=CC(C)C(C(=O)NCCC(=O)O)C=C2)C1=O. The van der Waals surface area contributed by atoms with E-state index in [0.717, 1.165) is 56.1 Å². The van der Waals surface area contributed by atoms with Gasteiger partial charge in [-0.15, -0.1) is 0 Å². The van der Waals surface area contributed by atoms with Gasteiger partial charge in [0.2, 0.25) is 5.91 Å². The lowest BCUT2D eigenvalue weighted by atomic mass is 9.79. The molecular weight excluding hydrogens is 606 g/mol. The van der Waals surface area contributed by atoms with Crippen LogP contribution < -0.4 is 5.32 Å². The molecule has 1 heterocycles. The maximum atomic E-state index is 14.7. The third-order valence-corrected chi connectivity index (χ3v) is 11.9. The van der Waals surface area contributed by atoms with E-state index in [1.165, 1.54) is 0 Å². The first kappa shape index (κ1) is 37.1. The molecule has 0 saturated heterocycles. The molecule has 0 aromatic rings. The molecule has 3 atom stereocenters. The molecule has 2 N–H and O–H groups in total. The van der Waals surface area contributed by atoms with Crippen LogP contribution in [0.25, 0.3) is 0 Å². The van der Waals surface area contributed by atoms with E-state index in [4.69, 9.17) is 21.7 Å². The average molecular weight is 662 g/mol. The van der Waals surface area contributed by atoms with Crippen molar-refractivity contribution >= 4 is 45.1 Å². The molecule has 7 nitrogen and oxygen atoms in total. The highest BCUT2D eigenvalue weighted by atomic mass is 35.5. The molecule has 2 amide bonds. The summed E-state index contributed by atoms with van der Waals surface area (Å²) < 4.78 is 0. The van der Waals surface area contributed by atoms with Gasteiger partial charge in [0.15, 0.2) is 0 Å². The van der Waals surface area contributed by atoms with Gasteiger partial charge in [-0.05, 0) is 98.9 Å². The summed E-state index contributed by atoms with van der Waals surface area (Å²) in [7, 11) is -0.744. The number of rotatable bonds is 12. The van der Waals surface area contributed by atoms with Crippen molar-refractivity contribution in [2.45, 2.75) is 110 Å². The molecule has 9 heteroatoms. The van der Waals surface area contributed by atoms with Crippen molar-refractivity contribution in [3.63, 3.8) is 0 Å². The van der Waals surface area contributed by atoms with Crippen molar-refractivity contribution in [1.29, 1.82) is 0 Å². The normalized spacial score (nSPS) is 27.4. The Hall–Kier alpha value is -2.32. The fourth-order valence-electron chi connectivity index (χ4n) is 6.83. The van der Waals surface area contributed by atoms with Gasteiger partial charge >= 0.3 is 5.97 Å². The number of allylic oxidation sites excluding steroid dienone is 4. The Bertz CT molecular complexity index is 1270. The molecule has 1 saturated carbocycles. The third kappa shape index (κ3) is 9.60. The second-order valence-electron chi connectivity index (χ2n) is 15.0. The number of hydrogen-bond acceptors (Lipinski definition) is 4. The maximum absolute atomic E-state index is 14.7. The van der Waals surface area contributed by atoms with Crippen LogP contribution in [-0.2, 0) is 14.4 Å². The van der Waals surface area contributed by atoms with Crippen molar-refractivity contribution in [2.75, 3.05) is 25.3 Å². The molecule has 252 valence electrons. The largest absolute Gasteiger partial charge is 0.481 e. The summed E-state index contributed by atoms with van der Waals surface area (Å²) in [4.78, 5) is 46.1. The molecule has 2 aliphatic carbocycles. The Morgan fingerprint density at radius 1 is 1.24 bits per heavy atom. The molecule has 1 aliphatic heterocycles. The number of carbonyl (C=O) groups is 3. The number of nitrogens with one attached hydrogen (secondary N) is 1. The predicted molar refractivity (Wildman–Crippen MR) is 190 cm³/mol. The van der Waals surface area contributed by atoms with Crippen LogP contribution in [0.15, 0.2) is 51.6 Å². The Balaban J connectivity index is 2.06. The molecule has 0 aromatic carbocycles. The van der Waals surface area contributed by atoms with E-state index in [0.29, 0.717) is 16.0 Å². The van der Waals surface area contributed by atoms with Gasteiger partial charge in [-0.3, -0.25) is 19.4 Å². The van der Waals surface area contributed by atoms with Crippen molar-refractivity contribution in [1.82, 2.24) is 10.2 Å². The van der Waals surface area contributed by atoms with Crippen LogP contribution in [0.4, 0.5) is 0 Å². The van der Waals surface area contributed by atoms with E-state index in [2.05, 4.69) is 62.8 Å². The minimum atomic E-state index is -0.941.